The van der Waals surface area contributed by atoms with E-state index >= 15 is 0 Å². The monoisotopic (exact) mass is 601 g/mol. The van der Waals surface area contributed by atoms with Gasteiger partial charge in [-0.25, -0.2) is 4.68 Å². The van der Waals surface area contributed by atoms with Crippen LogP contribution in [0.5, 0.6) is 5.75 Å². The summed E-state index contributed by atoms with van der Waals surface area (Å²) in [5.74, 6) is 0.752. The van der Waals surface area contributed by atoms with Crippen molar-refractivity contribution in [2.45, 2.75) is 109 Å². The van der Waals surface area contributed by atoms with Crippen LogP contribution in [-0.4, -0.2) is 80.4 Å². The normalized spacial score (nSPS) is 22.1. The molecule has 1 atom stereocenters. The van der Waals surface area contributed by atoms with E-state index in [1.807, 2.05) is 40.8 Å². The molecule has 2 saturated heterocycles. The minimum Gasteiger partial charge on any atom is -0.497 e. The molecule has 1 aromatic heterocycles. The molecule has 3 fully saturated rings. The topological polar surface area (TPSA) is 99.9 Å². The lowest BCUT2D eigenvalue weighted by Crippen LogP contribution is -2.73. The van der Waals surface area contributed by atoms with Crippen molar-refractivity contribution in [3.8, 4) is 11.4 Å². The van der Waals surface area contributed by atoms with Gasteiger partial charge in [-0.1, -0.05) is 32.6 Å². The lowest BCUT2D eigenvalue weighted by Gasteiger charge is -2.52. The summed E-state index contributed by atoms with van der Waals surface area (Å²) in [6, 6.07) is 7.26. The van der Waals surface area contributed by atoms with Gasteiger partial charge in [0.2, 0.25) is 11.8 Å². The van der Waals surface area contributed by atoms with Crippen LogP contribution in [0.25, 0.3) is 5.69 Å². The number of aromatic nitrogens is 2. The smallest absolute Gasteiger partial charge is 0.246 e. The molecular formula is C32H48ClN5O4. The number of aliphatic hydroxyl groups is 1. The van der Waals surface area contributed by atoms with Crippen molar-refractivity contribution < 1.29 is 19.4 Å². The number of rotatable bonds is 9. The van der Waals surface area contributed by atoms with Crippen molar-refractivity contribution in [2.24, 2.45) is 0 Å². The Morgan fingerprint density at radius 2 is 1.71 bits per heavy atom. The number of hydrogen-bond acceptors (Lipinski definition) is 6. The Morgan fingerprint density at radius 1 is 1.05 bits per heavy atom. The molecule has 2 amide bonds. The highest BCUT2D eigenvalue weighted by atomic mass is 35.5. The summed E-state index contributed by atoms with van der Waals surface area (Å²) >= 11 is 0. The number of likely N-dealkylation sites (tertiary alicyclic amines) is 1. The molecule has 1 spiro atoms. The molecule has 3 aliphatic rings. The first-order valence-corrected chi connectivity index (χ1v) is 15.5. The van der Waals surface area contributed by atoms with E-state index in [9.17, 15) is 14.7 Å². The summed E-state index contributed by atoms with van der Waals surface area (Å²) in [7, 11) is 1.66. The van der Waals surface area contributed by atoms with Gasteiger partial charge >= 0.3 is 0 Å². The maximum absolute atomic E-state index is 13.9. The molecule has 42 heavy (non-hydrogen) atoms. The van der Waals surface area contributed by atoms with Gasteiger partial charge in [0.15, 0.2) is 0 Å². The number of halogens is 1. The third-order valence-corrected chi connectivity index (χ3v) is 9.74. The number of benzene rings is 1. The summed E-state index contributed by atoms with van der Waals surface area (Å²) in [5, 5.41) is 19.1. The molecule has 10 heteroatoms. The highest BCUT2D eigenvalue weighted by Crippen LogP contribution is 2.38. The maximum Gasteiger partial charge on any atom is 0.246 e. The average molecular weight is 602 g/mol. The summed E-state index contributed by atoms with van der Waals surface area (Å²) in [6.45, 7) is 9.06. The van der Waals surface area contributed by atoms with E-state index in [1.54, 1.807) is 7.11 Å². The fourth-order valence-electron chi connectivity index (χ4n) is 7.13. The van der Waals surface area contributed by atoms with E-state index in [1.165, 1.54) is 5.56 Å². The summed E-state index contributed by atoms with van der Waals surface area (Å²) in [5.41, 5.74) is 2.62. The molecule has 232 valence electrons. The predicted molar refractivity (Wildman–Crippen MR) is 165 cm³/mol. The molecule has 2 N–H and O–H groups in total. The molecule has 0 bridgehead atoms. The Hall–Kier alpha value is -2.62. The maximum atomic E-state index is 13.9. The number of piperazine rings is 1. The Balaban J connectivity index is 0.00000405. The second kappa shape index (κ2) is 13.3. The zero-order chi connectivity index (χ0) is 29.2. The average Bonchev–Trinajstić information content (AvgIpc) is 3.25. The first kappa shape index (κ1) is 32.3. The van der Waals surface area contributed by atoms with Gasteiger partial charge in [0.05, 0.1) is 24.1 Å². The summed E-state index contributed by atoms with van der Waals surface area (Å²) < 4.78 is 7.28. The molecule has 1 aromatic carbocycles. The molecule has 1 aliphatic carbocycles. The molecule has 0 radical (unpaired) electrons. The van der Waals surface area contributed by atoms with Gasteiger partial charge < -0.3 is 20.1 Å². The van der Waals surface area contributed by atoms with E-state index in [4.69, 9.17) is 9.84 Å². The van der Waals surface area contributed by atoms with Gasteiger partial charge in [0.1, 0.15) is 17.3 Å². The highest BCUT2D eigenvalue weighted by molar-refractivity contribution is 6.00. The predicted octanol–water partition coefficient (Wildman–Crippen LogP) is 4.47. The van der Waals surface area contributed by atoms with Crippen molar-refractivity contribution in [1.82, 2.24) is 24.9 Å². The number of carbonyl (C=O) groups is 2. The van der Waals surface area contributed by atoms with Crippen LogP contribution in [0, 0.1) is 13.8 Å². The Kier molecular flexibility index (Phi) is 10.3. The summed E-state index contributed by atoms with van der Waals surface area (Å²) in [4.78, 5) is 31.9. The molecule has 2 aromatic rings. The third kappa shape index (κ3) is 6.33. The number of aryl methyl sites for hydroxylation is 1. The van der Waals surface area contributed by atoms with E-state index in [0.29, 0.717) is 38.6 Å². The minimum absolute atomic E-state index is 0. The quantitative estimate of drug-likeness (QED) is 0.440. The molecule has 2 aliphatic heterocycles. The van der Waals surface area contributed by atoms with Gasteiger partial charge in [0.25, 0.3) is 0 Å². The molecule has 9 nitrogen and oxygen atoms in total. The number of amides is 2. The molecule has 5 rings (SSSR count). The van der Waals surface area contributed by atoms with Gasteiger partial charge in [-0.05, 0) is 70.2 Å². The molecule has 1 saturated carbocycles. The van der Waals surface area contributed by atoms with Gasteiger partial charge in [-0.15, -0.1) is 12.4 Å². The zero-order valence-electron chi connectivity index (χ0n) is 25.7. The van der Waals surface area contributed by atoms with Crippen molar-refractivity contribution >= 4 is 24.2 Å². The largest absolute Gasteiger partial charge is 0.497 e. The standard InChI is InChI=1S/C32H47N5O4.ClH/c1-5-6-18-36-29(38)28(21-31(40)14-8-7-9-15-31)33-30(39)32(36)16-19-35(20-17-32)22-27-23(2)34-37(24(27)3)25-10-12-26(41-4)13-11-25;/h10-13,28,40H,5-9,14-22H2,1-4H3,(H,33,39);1H/t28-;/m1./s1. The lowest BCUT2D eigenvalue weighted by molar-refractivity contribution is -0.163. The number of methoxy groups -OCH3 is 1. The molecule has 3 heterocycles. The van der Waals surface area contributed by atoms with Gasteiger partial charge in [-0.2, -0.15) is 5.10 Å². The first-order chi connectivity index (χ1) is 19.7. The Labute approximate surface area is 256 Å². The highest BCUT2D eigenvalue weighted by Gasteiger charge is 2.54. The number of carbonyl (C=O) groups excluding carboxylic acids is 2. The van der Waals surface area contributed by atoms with Crippen molar-refractivity contribution in [2.75, 3.05) is 26.7 Å². The molecule has 0 unspecified atom stereocenters. The fraction of sp³-hybridized carbons (Fsp3) is 0.656. The van der Waals surface area contributed by atoms with Crippen LogP contribution in [-0.2, 0) is 16.1 Å². The van der Waals surface area contributed by atoms with Crippen LogP contribution in [0.2, 0.25) is 0 Å². The third-order valence-electron chi connectivity index (χ3n) is 9.74. The zero-order valence-corrected chi connectivity index (χ0v) is 26.5. The molecular weight excluding hydrogens is 554 g/mol. The van der Waals surface area contributed by atoms with Crippen LogP contribution >= 0.6 is 12.4 Å². The van der Waals surface area contributed by atoms with Crippen molar-refractivity contribution in [3.63, 3.8) is 0 Å². The first-order valence-electron chi connectivity index (χ1n) is 15.5. The Bertz CT molecular complexity index is 1230. The van der Waals surface area contributed by atoms with Crippen LogP contribution < -0.4 is 10.1 Å². The van der Waals surface area contributed by atoms with Crippen LogP contribution in [0.3, 0.4) is 0 Å². The van der Waals surface area contributed by atoms with Crippen molar-refractivity contribution in [3.05, 3.63) is 41.2 Å². The minimum atomic E-state index is -0.859. The van der Waals surface area contributed by atoms with E-state index in [0.717, 1.165) is 74.6 Å². The van der Waals surface area contributed by atoms with Gasteiger partial charge in [-0.3, -0.25) is 14.5 Å². The summed E-state index contributed by atoms with van der Waals surface area (Å²) in [6.07, 6.45) is 7.84. The van der Waals surface area contributed by atoms with E-state index in [2.05, 4.69) is 24.1 Å². The van der Waals surface area contributed by atoms with Crippen LogP contribution in [0.1, 0.15) is 88.1 Å². The SMILES string of the molecule is CCCCN1C(=O)[C@@H](CC2(O)CCCCC2)NC(=O)C12CCN(Cc1c(C)nn(-c3ccc(OC)cc3)c1C)CC2.Cl. The number of nitrogens with one attached hydrogen (secondary N) is 1. The van der Waals surface area contributed by atoms with E-state index < -0.39 is 17.2 Å². The number of piperidine rings is 1. The Morgan fingerprint density at radius 3 is 2.33 bits per heavy atom. The number of hydrogen-bond donors (Lipinski definition) is 2. The number of ether oxygens (including phenoxy) is 1. The second-order valence-corrected chi connectivity index (χ2v) is 12.4. The number of nitrogens with zero attached hydrogens (tertiary/aromatic N) is 4. The van der Waals surface area contributed by atoms with Gasteiger partial charge in [0, 0.05) is 43.9 Å². The lowest BCUT2D eigenvalue weighted by atomic mass is 9.77. The van der Waals surface area contributed by atoms with Crippen molar-refractivity contribution in [1.29, 1.82) is 0 Å². The van der Waals surface area contributed by atoms with Crippen LogP contribution in [0.15, 0.2) is 24.3 Å². The second-order valence-electron chi connectivity index (χ2n) is 12.4. The van der Waals surface area contributed by atoms with E-state index in [-0.39, 0.29) is 24.2 Å². The fourth-order valence-corrected chi connectivity index (χ4v) is 7.13. The van der Waals surface area contributed by atoms with Crippen LogP contribution in [0.4, 0.5) is 0 Å². The number of unbranched alkanes of at least 4 members (excludes halogenated alkanes) is 1.